The third-order valence-electron chi connectivity index (χ3n) is 4.30. The predicted octanol–water partition coefficient (Wildman–Crippen LogP) is 1.14. The maximum absolute atomic E-state index is 12.3. The van der Waals surface area contributed by atoms with E-state index in [1.165, 1.54) is 32.1 Å². The molecule has 2 heterocycles. The first-order chi connectivity index (χ1) is 7.34. The molecule has 3 rings (SSSR count). The highest BCUT2D eigenvalue weighted by Crippen LogP contribution is 2.37. The molecule has 0 radical (unpaired) electrons. The monoisotopic (exact) mass is 208 g/mol. The maximum atomic E-state index is 12.3. The van der Waals surface area contributed by atoms with Crippen molar-refractivity contribution in [1.82, 2.24) is 10.2 Å². The van der Waals surface area contributed by atoms with Crippen molar-refractivity contribution in [3.8, 4) is 0 Å². The molecular formula is C12H20N2O. The van der Waals surface area contributed by atoms with E-state index in [4.69, 9.17) is 0 Å². The Bertz CT molecular complexity index is 260. The van der Waals surface area contributed by atoms with Crippen molar-refractivity contribution in [2.75, 3.05) is 13.1 Å². The van der Waals surface area contributed by atoms with Crippen LogP contribution >= 0.6 is 0 Å². The number of nitrogens with one attached hydrogen (secondary N) is 1. The fourth-order valence-corrected chi connectivity index (χ4v) is 3.46. The van der Waals surface area contributed by atoms with Crippen molar-refractivity contribution in [3.05, 3.63) is 0 Å². The molecule has 3 aliphatic rings. The van der Waals surface area contributed by atoms with Crippen LogP contribution in [-0.4, -0.2) is 36.0 Å². The fourth-order valence-electron chi connectivity index (χ4n) is 3.46. The van der Waals surface area contributed by atoms with Gasteiger partial charge in [-0.3, -0.25) is 4.79 Å². The molecule has 2 bridgehead atoms. The number of fused-ring (bicyclic) bond motifs is 2. The summed E-state index contributed by atoms with van der Waals surface area (Å²) in [6.45, 7) is 2.07. The zero-order valence-corrected chi connectivity index (χ0v) is 9.24. The molecule has 1 saturated carbocycles. The molecule has 3 fully saturated rings. The van der Waals surface area contributed by atoms with Gasteiger partial charge in [0.25, 0.3) is 0 Å². The molecule has 3 heteroatoms. The lowest BCUT2D eigenvalue weighted by atomic mass is 10.0. The Morgan fingerprint density at radius 2 is 2.13 bits per heavy atom. The van der Waals surface area contributed by atoms with Gasteiger partial charge < -0.3 is 10.2 Å². The van der Waals surface area contributed by atoms with Gasteiger partial charge in [0.2, 0.25) is 5.91 Å². The third kappa shape index (κ3) is 1.67. The van der Waals surface area contributed by atoms with Gasteiger partial charge in [0.1, 0.15) is 0 Å². The van der Waals surface area contributed by atoms with Gasteiger partial charge in [0.15, 0.2) is 0 Å². The number of carbonyl (C=O) groups is 1. The van der Waals surface area contributed by atoms with Gasteiger partial charge in [0, 0.05) is 12.6 Å². The van der Waals surface area contributed by atoms with Crippen molar-refractivity contribution >= 4 is 5.91 Å². The highest BCUT2D eigenvalue weighted by molar-refractivity contribution is 5.82. The second-order valence-electron chi connectivity index (χ2n) is 5.33. The van der Waals surface area contributed by atoms with Gasteiger partial charge in [-0.25, -0.2) is 0 Å². The van der Waals surface area contributed by atoms with Crippen LogP contribution in [0.4, 0.5) is 0 Å². The van der Waals surface area contributed by atoms with Crippen molar-refractivity contribution in [3.63, 3.8) is 0 Å². The molecule has 0 aromatic rings. The quantitative estimate of drug-likeness (QED) is 0.701. The molecule has 1 aliphatic carbocycles. The van der Waals surface area contributed by atoms with Gasteiger partial charge in [-0.2, -0.15) is 0 Å². The van der Waals surface area contributed by atoms with E-state index in [0.29, 0.717) is 11.9 Å². The standard InChI is InChI=1S/C12H20N2O/c15-12(11-3-1-2-6-13-11)14-8-9-4-5-10(14)7-9/h9-11,13H,1-8H2/t9-,10-,11+/m0/s1. The third-order valence-corrected chi connectivity index (χ3v) is 4.30. The fraction of sp³-hybridized carbons (Fsp3) is 0.917. The van der Waals surface area contributed by atoms with E-state index in [-0.39, 0.29) is 6.04 Å². The number of rotatable bonds is 1. The van der Waals surface area contributed by atoms with Crippen LogP contribution in [0.25, 0.3) is 0 Å². The molecule has 84 valence electrons. The predicted molar refractivity (Wildman–Crippen MR) is 58.5 cm³/mol. The number of piperidine rings is 2. The summed E-state index contributed by atoms with van der Waals surface area (Å²) in [5.74, 6) is 1.21. The van der Waals surface area contributed by atoms with Crippen LogP contribution in [0.5, 0.6) is 0 Å². The van der Waals surface area contributed by atoms with Gasteiger partial charge >= 0.3 is 0 Å². The van der Waals surface area contributed by atoms with Crippen LogP contribution in [0.3, 0.4) is 0 Å². The summed E-state index contributed by atoms with van der Waals surface area (Å²) in [5, 5.41) is 3.36. The van der Waals surface area contributed by atoms with Crippen LogP contribution in [0.15, 0.2) is 0 Å². The first-order valence-electron chi connectivity index (χ1n) is 6.38. The SMILES string of the molecule is O=C([C@H]1CCCCN1)N1C[C@H]2CC[C@H]1C2. The summed E-state index contributed by atoms with van der Waals surface area (Å²) in [4.78, 5) is 14.4. The van der Waals surface area contributed by atoms with E-state index < -0.39 is 0 Å². The molecule has 2 aliphatic heterocycles. The van der Waals surface area contributed by atoms with E-state index >= 15 is 0 Å². The normalized spacial score (nSPS) is 39.7. The Hall–Kier alpha value is -0.570. The summed E-state index contributed by atoms with van der Waals surface area (Å²) in [6.07, 6.45) is 7.38. The Morgan fingerprint density at radius 1 is 1.20 bits per heavy atom. The Labute approximate surface area is 91.2 Å². The zero-order chi connectivity index (χ0) is 10.3. The number of nitrogens with zero attached hydrogens (tertiary/aromatic N) is 1. The number of hydrogen-bond acceptors (Lipinski definition) is 2. The maximum Gasteiger partial charge on any atom is 0.239 e. The summed E-state index contributed by atoms with van der Waals surface area (Å²) in [7, 11) is 0. The van der Waals surface area contributed by atoms with Gasteiger partial charge in [-0.1, -0.05) is 6.42 Å². The van der Waals surface area contributed by atoms with Crippen molar-refractivity contribution in [1.29, 1.82) is 0 Å². The highest BCUT2D eigenvalue weighted by Gasteiger charge is 2.41. The zero-order valence-electron chi connectivity index (χ0n) is 9.24. The molecule has 1 amide bonds. The average Bonchev–Trinajstić information content (AvgIpc) is 2.91. The Balaban J connectivity index is 1.64. The molecular weight excluding hydrogens is 188 g/mol. The van der Waals surface area contributed by atoms with Crippen LogP contribution < -0.4 is 5.32 Å². The molecule has 0 spiro atoms. The lowest BCUT2D eigenvalue weighted by molar-refractivity contribution is -0.135. The second-order valence-corrected chi connectivity index (χ2v) is 5.33. The second kappa shape index (κ2) is 3.78. The topological polar surface area (TPSA) is 32.3 Å². The minimum Gasteiger partial charge on any atom is -0.338 e. The minimum absolute atomic E-state index is 0.137. The van der Waals surface area contributed by atoms with Crippen LogP contribution in [0.1, 0.15) is 38.5 Å². The summed E-state index contributed by atoms with van der Waals surface area (Å²) in [5.41, 5.74) is 0. The Morgan fingerprint density at radius 3 is 2.73 bits per heavy atom. The number of amides is 1. The van der Waals surface area contributed by atoms with Crippen molar-refractivity contribution in [2.24, 2.45) is 5.92 Å². The van der Waals surface area contributed by atoms with E-state index in [9.17, 15) is 4.79 Å². The number of likely N-dealkylation sites (tertiary alicyclic amines) is 1. The molecule has 3 atom stereocenters. The van der Waals surface area contributed by atoms with Crippen LogP contribution in [-0.2, 0) is 4.79 Å². The van der Waals surface area contributed by atoms with E-state index in [1.54, 1.807) is 0 Å². The first-order valence-corrected chi connectivity index (χ1v) is 6.38. The lowest BCUT2D eigenvalue weighted by Crippen LogP contribution is -2.50. The summed E-state index contributed by atoms with van der Waals surface area (Å²) in [6, 6.07) is 0.726. The number of carbonyl (C=O) groups excluding carboxylic acids is 1. The van der Waals surface area contributed by atoms with E-state index in [1.807, 2.05) is 0 Å². The van der Waals surface area contributed by atoms with Crippen LogP contribution in [0.2, 0.25) is 0 Å². The highest BCUT2D eigenvalue weighted by atomic mass is 16.2. The van der Waals surface area contributed by atoms with Gasteiger partial charge in [-0.05, 0) is 44.6 Å². The first kappa shape index (κ1) is 9.64. The summed E-state index contributed by atoms with van der Waals surface area (Å²) >= 11 is 0. The van der Waals surface area contributed by atoms with E-state index in [2.05, 4.69) is 10.2 Å². The molecule has 1 N–H and O–H groups in total. The molecule has 0 aromatic carbocycles. The minimum atomic E-state index is 0.137. The number of hydrogen-bond donors (Lipinski definition) is 1. The molecule has 2 saturated heterocycles. The molecule has 15 heavy (non-hydrogen) atoms. The lowest BCUT2D eigenvalue weighted by Gasteiger charge is -2.32. The molecule has 0 unspecified atom stereocenters. The summed E-state index contributed by atoms with van der Waals surface area (Å²) < 4.78 is 0. The van der Waals surface area contributed by atoms with E-state index in [0.717, 1.165) is 25.4 Å². The van der Waals surface area contributed by atoms with Gasteiger partial charge in [-0.15, -0.1) is 0 Å². The average molecular weight is 208 g/mol. The van der Waals surface area contributed by atoms with Crippen molar-refractivity contribution < 1.29 is 4.79 Å². The molecule has 0 aromatic heterocycles. The van der Waals surface area contributed by atoms with Crippen LogP contribution in [0, 0.1) is 5.92 Å². The van der Waals surface area contributed by atoms with Gasteiger partial charge in [0.05, 0.1) is 6.04 Å². The largest absolute Gasteiger partial charge is 0.338 e. The Kier molecular flexibility index (Phi) is 2.43. The van der Waals surface area contributed by atoms with Crippen molar-refractivity contribution in [2.45, 2.75) is 50.6 Å². The smallest absolute Gasteiger partial charge is 0.239 e. The molecule has 3 nitrogen and oxygen atoms in total.